The number of carbonyl (C=O) groups is 3. The molecule has 0 aliphatic carbocycles. The lowest BCUT2D eigenvalue weighted by Gasteiger charge is -2.31. The van der Waals surface area contributed by atoms with Crippen LogP contribution < -0.4 is 15.4 Å². The molecule has 0 aromatic heterocycles. The number of hydrogen-bond donors (Lipinski definition) is 3. The fourth-order valence-corrected chi connectivity index (χ4v) is 3.56. The van der Waals surface area contributed by atoms with E-state index in [-0.39, 0.29) is 29.3 Å². The molecule has 1 aliphatic rings. The summed E-state index contributed by atoms with van der Waals surface area (Å²) >= 11 is 0. The van der Waals surface area contributed by atoms with E-state index in [0.717, 1.165) is 6.26 Å². The Labute approximate surface area is 170 Å². The Morgan fingerprint density at radius 3 is 2.41 bits per heavy atom. The van der Waals surface area contributed by atoms with Crippen LogP contribution in [-0.2, 0) is 19.6 Å². The summed E-state index contributed by atoms with van der Waals surface area (Å²) in [6.07, 6.45) is 1.71. The standard InChI is InChI=1S/C18H26N4O6S/c1-4-28-18(25)22-9-7-13(8-10-22)20-17(24)15-11-14(19-12(2)23)5-6-16(15)21-29(3,26)27/h5-6,11,13,21H,4,7-10H2,1-3H3,(H,19,23)(H,20,24). The molecule has 0 unspecified atom stereocenters. The van der Waals surface area contributed by atoms with Gasteiger partial charge in [-0.05, 0) is 38.0 Å². The molecular formula is C18H26N4O6S. The molecule has 10 nitrogen and oxygen atoms in total. The third-order valence-electron chi connectivity index (χ3n) is 4.24. The number of sulfonamides is 1. The van der Waals surface area contributed by atoms with E-state index in [0.29, 0.717) is 38.2 Å². The van der Waals surface area contributed by atoms with E-state index < -0.39 is 15.9 Å². The molecule has 1 aromatic carbocycles. The van der Waals surface area contributed by atoms with Crippen molar-refractivity contribution in [1.82, 2.24) is 10.2 Å². The van der Waals surface area contributed by atoms with Crippen molar-refractivity contribution in [2.45, 2.75) is 32.7 Å². The second kappa shape index (κ2) is 9.59. The predicted molar refractivity (Wildman–Crippen MR) is 108 cm³/mol. The van der Waals surface area contributed by atoms with E-state index in [1.54, 1.807) is 11.8 Å². The van der Waals surface area contributed by atoms with E-state index in [9.17, 15) is 22.8 Å². The molecule has 11 heteroatoms. The highest BCUT2D eigenvalue weighted by molar-refractivity contribution is 7.92. The number of nitrogens with one attached hydrogen (secondary N) is 3. The summed E-state index contributed by atoms with van der Waals surface area (Å²) in [5.41, 5.74) is 0.580. The lowest BCUT2D eigenvalue weighted by Crippen LogP contribution is -2.46. The Kier molecular flexibility index (Phi) is 7.43. The van der Waals surface area contributed by atoms with Crippen LogP contribution in [0.5, 0.6) is 0 Å². The summed E-state index contributed by atoms with van der Waals surface area (Å²) in [4.78, 5) is 37.5. The van der Waals surface area contributed by atoms with Gasteiger partial charge in [-0.3, -0.25) is 14.3 Å². The van der Waals surface area contributed by atoms with E-state index >= 15 is 0 Å². The minimum atomic E-state index is -3.60. The van der Waals surface area contributed by atoms with Crippen LogP contribution in [-0.4, -0.2) is 63.2 Å². The number of amides is 3. The van der Waals surface area contributed by atoms with Gasteiger partial charge in [-0.2, -0.15) is 0 Å². The first-order valence-corrected chi connectivity index (χ1v) is 11.1. The second-order valence-corrected chi connectivity index (χ2v) is 8.50. The molecule has 0 atom stereocenters. The van der Waals surface area contributed by atoms with Gasteiger partial charge in [-0.25, -0.2) is 13.2 Å². The molecule has 1 heterocycles. The largest absolute Gasteiger partial charge is 0.450 e. The summed E-state index contributed by atoms with van der Waals surface area (Å²) in [6.45, 7) is 4.27. The van der Waals surface area contributed by atoms with Gasteiger partial charge in [-0.15, -0.1) is 0 Å². The highest BCUT2D eigenvalue weighted by Gasteiger charge is 2.26. The Balaban J connectivity index is 2.12. The molecule has 1 saturated heterocycles. The summed E-state index contributed by atoms with van der Waals surface area (Å²) < 4.78 is 30.5. The number of anilines is 2. The minimum Gasteiger partial charge on any atom is -0.450 e. The zero-order chi connectivity index (χ0) is 21.6. The molecular weight excluding hydrogens is 400 g/mol. The van der Waals surface area contributed by atoms with Crippen molar-refractivity contribution in [2.24, 2.45) is 0 Å². The van der Waals surface area contributed by atoms with Crippen LogP contribution in [0.4, 0.5) is 16.2 Å². The lowest BCUT2D eigenvalue weighted by atomic mass is 10.0. The fraction of sp³-hybridized carbons (Fsp3) is 0.500. The molecule has 2 rings (SSSR count). The zero-order valence-corrected chi connectivity index (χ0v) is 17.5. The summed E-state index contributed by atoms with van der Waals surface area (Å²) in [7, 11) is -3.60. The van der Waals surface area contributed by atoms with Gasteiger partial charge in [0.2, 0.25) is 15.9 Å². The number of benzene rings is 1. The topological polar surface area (TPSA) is 134 Å². The van der Waals surface area contributed by atoms with Crippen LogP contribution in [0.15, 0.2) is 18.2 Å². The first kappa shape index (κ1) is 22.5. The number of ether oxygens (including phenoxy) is 1. The monoisotopic (exact) mass is 426 g/mol. The van der Waals surface area contributed by atoms with Crippen molar-refractivity contribution in [3.8, 4) is 0 Å². The smallest absolute Gasteiger partial charge is 0.409 e. The minimum absolute atomic E-state index is 0.0921. The van der Waals surface area contributed by atoms with Crippen LogP contribution in [0.2, 0.25) is 0 Å². The molecule has 0 spiro atoms. The molecule has 3 N–H and O–H groups in total. The highest BCUT2D eigenvalue weighted by atomic mass is 32.2. The van der Waals surface area contributed by atoms with Crippen LogP contribution in [0.3, 0.4) is 0 Å². The van der Waals surface area contributed by atoms with Crippen LogP contribution in [0, 0.1) is 0 Å². The van der Waals surface area contributed by atoms with E-state index in [4.69, 9.17) is 4.74 Å². The predicted octanol–water partition coefficient (Wildman–Crippen LogP) is 1.37. The summed E-state index contributed by atoms with van der Waals surface area (Å²) in [6, 6.07) is 4.16. The molecule has 0 saturated carbocycles. The third-order valence-corrected chi connectivity index (χ3v) is 4.83. The maximum Gasteiger partial charge on any atom is 0.409 e. The van der Waals surface area contributed by atoms with Gasteiger partial charge in [0, 0.05) is 31.7 Å². The van der Waals surface area contributed by atoms with Gasteiger partial charge in [0.15, 0.2) is 0 Å². The van der Waals surface area contributed by atoms with Crippen molar-refractivity contribution in [1.29, 1.82) is 0 Å². The number of carbonyl (C=O) groups excluding carboxylic acids is 3. The van der Waals surface area contributed by atoms with Crippen LogP contribution in [0.1, 0.15) is 37.0 Å². The Morgan fingerprint density at radius 1 is 1.21 bits per heavy atom. The first-order valence-electron chi connectivity index (χ1n) is 9.21. The number of likely N-dealkylation sites (tertiary alicyclic amines) is 1. The maximum atomic E-state index is 12.8. The van der Waals surface area contributed by atoms with Crippen molar-refractivity contribution in [2.75, 3.05) is 36.0 Å². The highest BCUT2D eigenvalue weighted by Crippen LogP contribution is 2.23. The fourth-order valence-electron chi connectivity index (χ4n) is 2.99. The molecule has 0 bridgehead atoms. The van der Waals surface area contributed by atoms with Crippen molar-refractivity contribution in [3.63, 3.8) is 0 Å². The van der Waals surface area contributed by atoms with E-state index in [1.165, 1.54) is 25.1 Å². The third kappa shape index (κ3) is 6.93. The van der Waals surface area contributed by atoms with Gasteiger partial charge >= 0.3 is 6.09 Å². The number of hydrogen-bond acceptors (Lipinski definition) is 6. The molecule has 1 aromatic rings. The van der Waals surface area contributed by atoms with Gasteiger partial charge in [0.25, 0.3) is 5.91 Å². The van der Waals surface area contributed by atoms with Crippen molar-refractivity contribution < 1.29 is 27.5 Å². The lowest BCUT2D eigenvalue weighted by molar-refractivity contribution is -0.114. The van der Waals surface area contributed by atoms with Gasteiger partial charge in [0.05, 0.1) is 24.1 Å². The molecule has 160 valence electrons. The Hall–Kier alpha value is -2.82. The average molecular weight is 426 g/mol. The molecule has 0 radical (unpaired) electrons. The van der Waals surface area contributed by atoms with Gasteiger partial charge < -0.3 is 20.3 Å². The molecule has 1 aliphatic heterocycles. The number of nitrogens with zero attached hydrogens (tertiary/aromatic N) is 1. The zero-order valence-electron chi connectivity index (χ0n) is 16.6. The maximum absolute atomic E-state index is 12.8. The second-order valence-electron chi connectivity index (χ2n) is 6.75. The normalized spacial score (nSPS) is 14.8. The van der Waals surface area contributed by atoms with Gasteiger partial charge in [-0.1, -0.05) is 0 Å². The van der Waals surface area contributed by atoms with Crippen molar-refractivity contribution >= 4 is 39.3 Å². The molecule has 1 fully saturated rings. The van der Waals surface area contributed by atoms with Crippen molar-refractivity contribution in [3.05, 3.63) is 23.8 Å². The number of piperidine rings is 1. The first-order chi connectivity index (χ1) is 13.6. The molecule has 29 heavy (non-hydrogen) atoms. The van der Waals surface area contributed by atoms with E-state index in [2.05, 4.69) is 15.4 Å². The Morgan fingerprint density at radius 2 is 1.86 bits per heavy atom. The Bertz CT molecular complexity index is 878. The molecule has 3 amide bonds. The SMILES string of the molecule is CCOC(=O)N1CCC(NC(=O)c2cc(NC(C)=O)ccc2NS(C)(=O)=O)CC1. The number of rotatable bonds is 6. The van der Waals surface area contributed by atoms with Crippen LogP contribution >= 0.6 is 0 Å². The summed E-state index contributed by atoms with van der Waals surface area (Å²) in [5.74, 6) is -0.788. The average Bonchev–Trinajstić information content (AvgIpc) is 2.62. The quantitative estimate of drug-likeness (QED) is 0.629. The van der Waals surface area contributed by atoms with E-state index in [1.807, 2.05) is 0 Å². The van der Waals surface area contributed by atoms with Crippen LogP contribution in [0.25, 0.3) is 0 Å². The summed E-state index contributed by atoms with van der Waals surface area (Å²) in [5, 5.41) is 5.44. The van der Waals surface area contributed by atoms with Gasteiger partial charge in [0.1, 0.15) is 0 Å².